The molecule has 2 aromatic rings. The first-order valence-corrected chi connectivity index (χ1v) is 7.47. The molecule has 0 unspecified atom stereocenters. The average Bonchev–Trinajstić information content (AvgIpc) is 2.55. The topological polar surface area (TPSA) is 21.3 Å². The summed E-state index contributed by atoms with van der Waals surface area (Å²) >= 11 is 0. The molecule has 3 rings (SSSR count). The van der Waals surface area contributed by atoms with Crippen LogP contribution in [0.5, 0.6) is 5.75 Å². The molecule has 0 aliphatic carbocycles. The van der Waals surface area contributed by atoms with E-state index in [1.165, 1.54) is 5.56 Å². The van der Waals surface area contributed by atoms with E-state index in [0.29, 0.717) is 18.4 Å². The molecule has 1 aliphatic rings. The lowest BCUT2D eigenvalue weighted by molar-refractivity contribution is 0.197. The fraction of sp³-hybridized carbons (Fsp3) is 0.333. The SMILES string of the molecule is Cl.Fc1ccc([C@@H]2CCNC[C@H]2COc2ccccc2)cc1. The van der Waals surface area contributed by atoms with Crippen molar-refractivity contribution < 1.29 is 9.13 Å². The molecule has 0 spiro atoms. The van der Waals surface area contributed by atoms with E-state index >= 15 is 0 Å². The minimum atomic E-state index is -0.176. The molecule has 1 fully saturated rings. The summed E-state index contributed by atoms with van der Waals surface area (Å²) in [7, 11) is 0. The summed E-state index contributed by atoms with van der Waals surface area (Å²) in [4.78, 5) is 0. The average molecular weight is 322 g/mol. The lowest BCUT2D eigenvalue weighted by Crippen LogP contribution is -2.38. The summed E-state index contributed by atoms with van der Waals surface area (Å²) in [6, 6.07) is 16.8. The molecular weight excluding hydrogens is 301 g/mol. The molecule has 1 aliphatic heterocycles. The Kier molecular flexibility index (Phi) is 6.22. The largest absolute Gasteiger partial charge is 0.493 e. The van der Waals surface area contributed by atoms with Gasteiger partial charge in [0.25, 0.3) is 0 Å². The standard InChI is InChI=1S/C18H20FNO.ClH/c19-16-8-6-14(7-9-16)18-10-11-20-12-15(18)13-21-17-4-2-1-3-5-17;/h1-9,15,18,20H,10-13H2;1H/t15-,18-;/m0./s1. The number of ether oxygens (including phenoxy) is 1. The van der Waals surface area contributed by atoms with Crippen LogP contribution in [0.1, 0.15) is 17.9 Å². The van der Waals surface area contributed by atoms with Crippen molar-refractivity contribution in [3.8, 4) is 5.75 Å². The fourth-order valence-corrected chi connectivity index (χ4v) is 2.97. The summed E-state index contributed by atoms with van der Waals surface area (Å²) < 4.78 is 19.0. The van der Waals surface area contributed by atoms with Gasteiger partial charge in [-0.15, -0.1) is 12.4 Å². The first-order valence-electron chi connectivity index (χ1n) is 7.47. The molecule has 118 valence electrons. The van der Waals surface area contributed by atoms with E-state index in [9.17, 15) is 4.39 Å². The van der Waals surface area contributed by atoms with Crippen molar-refractivity contribution in [2.24, 2.45) is 5.92 Å². The number of rotatable bonds is 4. The second-order valence-corrected chi connectivity index (χ2v) is 5.53. The second kappa shape index (κ2) is 8.16. The van der Waals surface area contributed by atoms with Gasteiger partial charge in [-0.3, -0.25) is 0 Å². The number of benzene rings is 2. The highest BCUT2D eigenvalue weighted by Crippen LogP contribution is 2.31. The van der Waals surface area contributed by atoms with Crippen molar-refractivity contribution in [3.05, 3.63) is 66.0 Å². The molecule has 2 nitrogen and oxygen atoms in total. The monoisotopic (exact) mass is 321 g/mol. The molecule has 1 N–H and O–H groups in total. The van der Waals surface area contributed by atoms with Gasteiger partial charge in [-0.2, -0.15) is 0 Å². The van der Waals surface area contributed by atoms with E-state index in [-0.39, 0.29) is 18.2 Å². The van der Waals surface area contributed by atoms with Crippen molar-refractivity contribution >= 4 is 12.4 Å². The lowest BCUT2D eigenvalue weighted by Gasteiger charge is -2.32. The summed E-state index contributed by atoms with van der Waals surface area (Å²) in [5, 5.41) is 3.43. The third-order valence-corrected chi connectivity index (χ3v) is 4.11. The Hall–Kier alpha value is -1.58. The number of halogens is 2. The number of hydrogen-bond acceptors (Lipinski definition) is 2. The third-order valence-electron chi connectivity index (χ3n) is 4.11. The first-order chi connectivity index (χ1) is 10.3. The number of piperidine rings is 1. The predicted molar refractivity (Wildman–Crippen MR) is 89.3 cm³/mol. The van der Waals surface area contributed by atoms with Crippen LogP contribution in [0.25, 0.3) is 0 Å². The molecule has 1 saturated heterocycles. The predicted octanol–water partition coefficient (Wildman–Crippen LogP) is 4.02. The van der Waals surface area contributed by atoms with Crippen LogP contribution >= 0.6 is 12.4 Å². The zero-order valence-electron chi connectivity index (χ0n) is 12.4. The van der Waals surface area contributed by atoms with E-state index in [2.05, 4.69) is 5.32 Å². The van der Waals surface area contributed by atoms with Gasteiger partial charge in [-0.1, -0.05) is 30.3 Å². The van der Waals surface area contributed by atoms with Gasteiger partial charge >= 0.3 is 0 Å². The molecule has 0 bridgehead atoms. The summed E-state index contributed by atoms with van der Waals surface area (Å²) in [5.74, 6) is 1.56. The molecule has 1 heterocycles. The maximum Gasteiger partial charge on any atom is 0.123 e. The molecule has 0 saturated carbocycles. The van der Waals surface area contributed by atoms with Crippen LogP contribution in [0, 0.1) is 11.7 Å². The Morgan fingerprint density at radius 3 is 2.50 bits per heavy atom. The van der Waals surface area contributed by atoms with Gasteiger partial charge in [0, 0.05) is 12.5 Å². The Balaban J connectivity index is 0.00000176. The van der Waals surface area contributed by atoms with Crippen molar-refractivity contribution in [3.63, 3.8) is 0 Å². The van der Waals surface area contributed by atoms with E-state index in [4.69, 9.17) is 4.74 Å². The zero-order chi connectivity index (χ0) is 14.5. The van der Waals surface area contributed by atoms with Crippen LogP contribution in [0.15, 0.2) is 54.6 Å². The minimum Gasteiger partial charge on any atom is -0.493 e. The van der Waals surface area contributed by atoms with E-state index < -0.39 is 0 Å². The van der Waals surface area contributed by atoms with Crippen LogP contribution < -0.4 is 10.1 Å². The van der Waals surface area contributed by atoms with Crippen LogP contribution in [-0.2, 0) is 0 Å². The third kappa shape index (κ3) is 4.21. The second-order valence-electron chi connectivity index (χ2n) is 5.53. The highest BCUT2D eigenvalue weighted by Gasteiger charge is 2.26. The number of nitrogens with one attached hydrogen (secondary N) is 1. The van der Waals surface area contributed by atoms with Gasteiger partial charge < -0.3 is 10.1 Å². The van der Waals surface area contributed by atoms with Gasteiger partial charge in [0.15, 0.2) is 0 Å². The normalized spacial score (nSPS) is 21.0. The summed E-state index contributed by atoms with van der Waals surface area (Å²) in [6.07, 6.45) is 1.06. The molecule has 4 heteroatoms. The number of para-hydroxylation sites is 1. The Morgan fingerprint density at radius 1 is 1.05 bits per heavy atom. The van der Waals surface area contributed by atoms with E-state index in [0.717, 1.165) is 25.3 Å². The molecule has 2 atom stereocenters. The van der Waals surface area contributed by atoms with Crippen LogP contribution in [0.3, 0.4) is 0 Å². The molecule has 0 aromatic heterocycles. The Morgan fingerprint density at radius 2 is 1.77 bits per heavy atom. The quantitative estimate of drug-likeness (QED) is 0.918. The van der Waals surface area contributed by atoms with Gasteiger partial charge in [0.2, 0.25) is 0 Å². The van der Waals surface area contributed by atoms with Gasteiger partial charge in [0.05, 0.1) is 6.61 Å². The van der Waals surface area contributed by atoms with Crippen LogP contribution in [0.4, 0.5) is 4.39 Å². The van der Waals surface area contributed by atoms with Crippen LogP contribution in [-0.4, -0.2) is 19.7 Å². The van der Waals surface area contributed by atoms with Crippen molar-refractivity contribution in [1.82, 2.24) is 5.32 Å². The van der Waals surface area contributed by atoms with Gasteiger partial charge in [-0.05, 0) is 48.7 Å². The zero-order valence-corrected chi connectivity index (χ0v) is 13.2. The summed E-state index contributed by atoms with van der Waals surface area (Å²) in [6.45, 7) is 2.62. The maximum atomic E-state index is 13.1. The fourth-order valence-electron chi connectivity index (χ4n) is 2.97. The van der Waals surface area contributed by atoms with Crippen molar-refractivity contribution in [2.45, 2.75) is 12.3 Å². The van der Waals surface area contributed by atoms with Crippen molar-refractivity contribution in [2.75, 3.05) is 19.7 Å². The highest BCUT2D eigenvalue weighted by atomic mass is 35.5. The van der Waals surface area contributed by atoms with Crippen LogP contribution in [0.2, 0.25) is 0 Å². The molecule has 0 radical (unpaired) electrons. The lowest BCUT2D eigenvalue weighted by atomic mass is 9.81. The maximum absolute atomic E-state index is 13.1. The molecular formula is C18H21ClFNO. The van der Waals surface area contributed by atoms with Crippen molar-refractivity contribution in [1.29, 1.82) is 0 Å². The minimum absolute atomic E-state index is 0. The van der Waals surface area contributed by atoms with Gasteiger partial charge in [0.1, 0.15) is 11.6 Å². The Bertz CT molecular complexity index is 561. The Labute approximate surface area is 137 Å². The van der Waals surface area contributed by atoms with E-state index in [1.54, 1.807) is 12.1 Å². The molecule has 22 heavy (non-hydrogen) atoms. The first kappa shape index (κ1) is 16.8. The highest BCUT2D eigenvalue weighted by molar-refractivity contribution is 5.85. The smallest absolute Gasteiger partial charge is 0.123 e. The molecule has 0 amide bonds. The summed E-state index contributed by atoms with van der Waals surface area (Å²) in [5.41, 5.74) is 1.21. The molecule has 2 aromatic carbocycles. The number of hydrogen-bond donors (Lipinski definition) is 1. The van der Waals surface area contributed by atoms with E-state index in [1.807, 2.05) is 42.5 Å². The van der Waals surface area contributed by atoms with Gasteiger partial charge in [-0.25, -0.2) is 4.39 Å².